The monoisotopic (exact) mass is 253 g/mol. The summed E-state index contributed by atoms with van der Waals surface area (Å²) in [6, 6.07) is 5.93. The highest BCUT2D eigenvalue weighted by molar-refractivity contribution is 9.09. The van der Waals surface area contributed by atoms with Gasteiger partial charge in [-0.1, -0.05) is 15.9 Å². The molecule has 0 atom stereocenters. The fraction of sp³-hybridized carbons (Fsp3) is 0.364. The van der Waals surface area contributed by atoms with E-state index < -0.39 is 0 Å². The van der Waals surface area contributed by atoms with Gasteiger partial charge in [0.05, 0.1) is 0 Å². The molecule has 0 aromatic heterocycles. The molecule has 1 aliphatic heterocycles. The molecular formula is C11H12BrNO. The van der Waals surface area contributed by atoms with E-state index in [1.807, 2.05) is 12.1 Å². The SMILES string of the molecule is O=Cc1ccc2c(c1)CCN2CCBr. The van der Waals surface area contributed by atoms with Gasteiger partial charge in [-0.05, 0) is 30.2 Å². The first kappa shape index (κ1) is 9.71. The fourth-order valence-electron chi connectivity index (χ4n) is 1.90. The Morgan fingerprint density at radius 1 is 1.50 bits per heavy atom. The molecule has 0 unspecified atom stereocenters. The van der Waals surface area contributed by atoms with Gasteiger partial charge in [0.15, 0.2) is 0 Å². The number of carbonyl (C=O) groups is 1. The molecule has 1 heterocycles. The van der Waals surface area contributed by atoms with E-state index in [1.54, 1.807) is 0 Å². The third-order valence-electron chi connectivity index (χ3n) is 2.59. The molecule has 0 saturated carbocycles. The molecule has 0 aliphatic carbocycles. The second-order valence-electron chi connectivity index (χ2n) is 3.43. The number of aldehydes is 1. The van der Waals surface area contributed by atoms with Crippen molar-refractivity contribution >= 4 is 27.9 Å². The number of carbonyl (C=O) groups excluding carboxylic acids is 1. The summed E-state index contributed by atoms with van der Waals surface area (Å²) in [6.45, 7) is 2.11. The van der Waals surface area contributed by atoms with Crippen LogP contribution in [0.1, 0.15) is 15.9 Å². The number of fused-ring (bicyclic) bond motifs is 1. The van der Waals surface area contributed by atoms with Crippen LogP contribution in [0.4, 0.5) is 5.69 Å². The summed E-state index contributed by atoms with van der Waals surface area (Å²) >= 11 is 3.44. The summed E-state index contributed by atoms with van der Waals surface area (Å²) in [5.41, 5.74) is 3.37. The van der Waals surface area contributed by atoms with Crippen molar-refractivity contribution in [2.45, 2.75) is 6.42 Å². The summed E-state index contributed by atoms with van der Waals surface area (Å²) in [6.07, 6.45) is 1.97. The summed E-state index contributed by atoms with van der Waals surface area (Å²) in [4.78, 5) is 12.9. The van der Waals surface area contributed by atoms with E-state index in [1.165, 1.54) is 11.3 Å². The Hall–Kier alpha value is -0.830. The van der Waals surface area contributed by atoms with Crippen molar-refractivity contribution in [1.82, 2.24) is 0 Å². The Labute approximate surface area is 92.0 Å². The molecule has 1 aromatic carbocycles. The van der Waals surface area contributed by atoms with Gasteiger partial charge in [-0.2, -0.15) is 0 Å². The molecule has 0 amide bonds. The molecule has 0 saturated heterocycles. The van der Waals surface area contributed by atoms with Crippen molar-refractivity contribution in [3.63, 3.8) is 0 Å². The van der Waals surface area contributed by atoms with Crippen LogP contribution in [-0.4, -0.2) is 24.7 Å². The van der Waals surface area contributed by atoms with E-state index in [0.717, 1.165) is 36.7 Å². The van der Waals surface area contributed by atoms with Gasteiger partial charge in [-0.3, -0.25) is 4.79 Å². The van der Waals surface area contributed by atoms with Crippen LogP contribution in [0.3, 0.4) is 0 Å². The topological polar surface area (TPSA) is 20.3 Å². The number of anilines is 1. The molecule has 0 fully saturated rings. The first-order valence-electron chi connectivity index (χ1n) is 4.74. The highest BCUT2D eigenvalue weighted by atomic mass is 79.9. The van der Waals surface area contributed by atoms with Crippen LogP contribution in [-0.2, 0) is 6.42 Å². The van der Waals surface area contributed by atoms with E-state index in [-0.39, 0.29) is 0 Å². The summed E-state index contributed by atoms with van der Waals surface area (Å²) in [7, 11) is 0. The molecule has 2 rings (SSSR count). The number of benzene rings is 1. The van der Waals surface area contributed by atoms with E-state index in [9.17, 15) is 4.79 Å². The molecule has 74 valence electrons. The number of alkyl halides is 1. The van der Waals surface area contributed by atoms with Crippen LogP contribution in [0.15, 0.2) is 18.2 Å². The average molecular weight is 254 g/mol. The smallest absolute Gasteiger partial charge is 0.150 e. The number of hydrogen-bond acceptors (Lipinski definition) is 2. The molecule has 0 radical (unpaired) electrons. The highest BCUT2D eigenvalue weighted by Crippen LogP contribution is 2.28. The van der Waals surface area contributed by atoms with Crippen LogP contribution in [0.5, 0.6) is 0 Å². The van der Waals surface area contributed by atoms with Crippen molar-refractivity contribution in [2.24, 2.45) is 0 Å². The zero-order chi connectivity index (χ0) is 9.97. The minimum absolute atomic E-state index is 0.782. The van der Waals surface area contributed by atoms with Crippen molar-refractivity contribution in [2.75, 3.05) is 23.3 Å². The predicted molar refractivity (Wildman–Crippen MR) is 61.5 cm³/mol. The minimum Gasteiger partial charge on any atom is -0.370 e. The van der Waals surface area contributed by atoms with Gasteiger partial charge in [-0.15, -0.1) is 0 Å². The predicted octanol–water partition coefficient (Wildman–Crippen LogP) is 2.26. The molecule has 14 heavy (non-hydrogen) atoms. The van der Waals surface area contributed by atoms with Gasteiger partial charge in [0.1, 0.15) is 6.29 Å². The molecule has 0 spiro atoms. The Kier molecular flexibility index (Phi) is 2.87. The largest absolute Gasteiger partial charge is 0.370 e. The third kappa shape index (κ3) is 1.69. The normalized spacial score (nSPS) is 14.2. The van der Waals surface area contributed by atoms with Crippen LogP contribution in [0.2, 0.25) is 0 Å². The molecule has 2 nitrogen and oxygen atoms in total. The lowest BCUT2D eigenvalue weighted by molar-refractivity contribution is 0.112. The Morgan fingerprint density at radius 3 is 3.07 bits per heavy atom. The van der Waals surface area contributed by atoms with Crippen molar-refractivity contribution in [1.29, 1.82) is 0 Å². The van der Waals surface area contributed by atoms with E-state index in [0.29, 0.717) is 0 Å². The highest BCUT2D eigenvalue weighted by Gasteiger charge is 2.17. The van der Waals surface area contributed by atoms with Gasteiger partial charge in [-0.25, -0.2) is 0 Å². The quantitative estimate of drug-likeness (QED) is 0.609. The fourth-order valence-corrected chi connectivity index (χ4v) is 2.33. The van der Waals surface area contributed by atoms with Gasteiger partial charge >= 0.3 is 0 Å². The Morgan fingerprint density at radius 2 is 2.36 bits per heavy atom. The maximum atomic E-state index is 10.6. The van der Waals surface area contributed by atoms with E-state index in [2.05, 4.69) is 26.9 Å². The number of hydrogen-bond donors (Lipinski definition) is 0. The zero-order valence-corrected chi connectivity index (χ0v) is 9.46. The van der Waals surface area contributed by atoms with Crippen molar-refractivity contribution < 1.29 is 4.79 Å². The Balaban J connectivity index is 2.28. The average Bonchev–Trinajstić information content (AvgIpc) is 2.61. The molecule has 1 aromatic rings. The maximum Gasteiger partial charge on any atom is 0.150 e. The lowest BCUT2D eigenvalue weighted by Gasteiger charge is -2.17. The van der Waals surface area contributed by atoms with Crippen LogP contribution < -0.4 is 4.90 Å². The van der Waals surface area contributed by atoms with Crippen LogP contribution >= 0.6 is 15.9 Å². The summed E-state index contributed by atoms with van der Waals surface area (Å²) in [5, 5.41) is 0.988. The minimum atomic E-state index is 0.782. The van der Waals surface area contributed by atoms with Crippen LogP contribution in [0.25, 0.3) is 0 Å². The van der Waals surface area contributed by atoms with Crippen molar-refractivity contribution in [3.05, 3.63) is 29.3 Å². The summed E-state index contributed by atoms with van der Waals surface area (Å²) < 4.78 is 0. The first-order valence-corrected chi connectivity index (χ1v) is 5.86. The molecule has 0 bridgehead atoms. The maximum absolute atomic E-state index is 10.6. The number of rotatable bonds is 3. The lowest BCUT2D eigenvalue weighted by atomic mass is 10.1. The summed E-state index contributed by atoms with van der Waals surface area (Å²) in [5.74, 6) is 0. The van der Waals surface area contributed by atoms with Gasteiger partial charge in [0.25, 0.3) is 0 Å². The second kappa shape index (κ2) is 4.13. The van der Waals surface area contributed by atoms with Crippen LogP contribution in [0, 0.1) is 0 Å². The lowest BCUT2D eigenvalue weighted by Crippen LogP contribution is -2.22. The van der Waals surface area contributed by atoms with Gasteiger partial charge in [0, 0.05) is 29.7 Å². The molecule has 3 heteroatoms. The first-order chi connectivity index (χ1) is 6.85. The second-order valence-corrected chi connectivity index (χ2v) is 4.23. The van der Waals surface area contributed by atoms with Crippen molar-refractivity contribution in [3.8, 4) is 0 Å². The van der Waals surface area contributed by atoms with E-state index in [4.69, 9.17) is 0 Å². The Bertz CT molecular complexity index is 351. The number of nitrogens with zero attached hydrogens (tertiary/aromatic N) is 1. The molecule has 0 N–H and O–H groups in total. The standard InChI is InChI=1S/C11H12BrNO/c12-4-6-13-5-3-10-7-9(8-14)1-2-11(10)13/h1-2,7-8H,3-6H2. The zero-order valence-electron chi connectivity index (χ0n) is 7.87. The molecule has 1 aliphatic rings. The van der Waals surface area contributed by atoms with Gasteiger partial charge in [0.2, 0.25) is 0 Å². The van der Waals surface area contributed by atoms with E-state index >= 15 is 0 Å². The third-order valence-corrected chi connectivity index (χ3v) is 2.94. The van der Waals surface area contributed by atoms with Gasteiger partial charge < -0.3 is 4.90 Å². The number of halogens is 1. The molecular weight excluding hydrogens is 242 g/mol.